The summed E-state index contributed by atoms with van der Waals surface area (Å²) in [6.45, 7) is 1.93. The maximum atomic E-state index is 11.5. The maximum absolute atomic E-state index is 11.5. The van der Waals surface area contributed by atoms with Gasteiger partial charge in [-0.1, -0.05) is 121 Å². The fourth-order valence-corrected chi connectivity index (χ4v) is 5.35. The summed E-state index contributed by atoms with van der Waals surface area (Å²) in [5, 5.41) is 0. The molecule has 6 nitrogen and oxygen atoms in total. The van der Waals surface area contributed by atoms with Crippen LogP contribution in [-0.2, 0) is 54.9 Å². The van der Waals surface area contributed by atoms with Gasteiger partial charge in [-0.05, 0) is 28.7 Å². The second-order valence-electron chi connectivity index (χ2n) is 10.7. The molecule has 1 saturated heterocycles. The van der Waals surface area contributed by atoms with Crippen LogP contribution in [0.4, 0.5) is 0 Å². The van der Waals surface area contributed by atoms with Gasteiger partial charge in [-0.25, -0.2) is 0 Å². The number of ether oxygens (including phenoxy) is 5. The molecule has 4 aromatic carbocycles. The van der Waals surface area contributed by atoms with Crippen LogP contribution in [0, 0.1) is 0 Å². The van der Waals surface area contributed by atoms with Gasteiger partial charge >= 0.3 is 0 Å². The van der Waals surface area contributed by atoms with Gasteiger partial charge in [0.25, 0.3) is 0 Å². The van der Waals surface area contributed by atoms with Crippen LogP contribution in [0.2, 0.25) is 0 Å². The van der Waals surface area contributed by atoms with Gasteiger partial charge in [0.1, 0.15) is 30.7 Å². The molecule has 1 aliphatic heterocycles. The first kappa shape index (κ1) is 30.8. The van der Waals surface area contributed by atoms with Crippen molar-refractivity contribution in [1.29, 1.82) is 0 Å². The van der Waals surface area contributed by atoms with Crippen molar-refractivity contribution < 1.29 is 28.5 Å². The Kier molecular flexibility index (Phi) is 12.1. The van der Waals surface area contributed by atoms with E-state index < -0.39 is 24.4 Å². The van der Waals surface area contributed by atoms with Crippen LogP contribution in [-0.4, -0.2) is 43.4 Å². The van der Waals surface area contributed by atoms with Gasteiger partial charge < -0.3 is 28.5 Å². The Balaban J connectivity index is 1.41. The molecule has 2 unspecified atom stereocenters. The molecule has 0 radical (unpaired) electrons. The summed E-state index contributed by atoms with van der Waals surface area (Å²) in [4.78, 5) is 11.5. The van der Waals surface area contributed by atoms with Crippen LogP contribution >= 0.6 is 0 Å². The summed E-state index contributed by atoms with van der Waals surface area (Å²) in [7, 11) is 0. The molecule has 1 aliphatic rings. The fraction of sp³-hybridized carbons (Fsp3) is 0.324. The van der Waals surface area contributed by atoms with Crippen LogP contribution in [0.15, 0.2) is 121 Å². The lowest BCUT2D eigenvalue weighted by Gasteiger charge is -2.46. The van der Waals surface area contributed by atoms with Gasteiger partial charge in [-0.3, -0.25) is 0 Å². The van der Waals surface area contributed by atoms with Crippen LogP contribution < -0.4 is 0 Å². The van der Waals surface area contributed by atoms with Crippen molar-refractivity contribution >= 4 is 6.29 Å². The molecule has 0 N–H and O–H groups in total. The lowest BCUT2D eigenvalue weighted by molar-refractivity contribution is -0.273. The zero-order valence-electron chi connectivity index (χ0n) is 24.4. The smallest absolute Gasteiger partial charge is 0.120 e. The summed E-state index contributed by atoms with van der Waals surface area (Å²) in [5.41, 5.74) is 4.24. The van der Waals surface area contributed by atoms with E-state index in [9.17, 15) is 4.79 Å². The molecule has 5 atom stereocenters. The zero-order valence-corrected chi connectivity index (χ0v) is 24.4. The predicted molar refractivity (Wildman–Crippen MR) is 165 cm³/mol. The number of aldehydes is 1. The average Bonchev–Trinajstić information content (AvgIpc) is 3.07. The minimum atomic E-state index is -0.479. The zero-order chi connectivity index (χ0) is 29.5. The van der Waals surface area contributed by atoms with Crippen molar-refractivity contribution in [2.75, 3.05) is 6.61 Å². The molecule has 1 heterocycles. The normalized spacial score (nSPS) is 21.8. The molecule has 5 rings (SSSR count). The molecular formula is C37H40O6. The van der Waals surface area contributed by atoms with E-state index in [4.69, 9.17) is 23.7 Å². The SMILES string of the molecule is O=CCC[C@@H]1OC(COCc2ccccc2)[C@H](OCc2ccccc2)[C@H](OCc2ccccc2)C1OCc1ccccc1. The second-order valence-corrected chi connectivity index (χ2v) is 10.7. The van der Waals surface area contributed by atoms with E-state index in [1.54, 1.807) is 0 Å². The molecule has 0 saturated carbocycles. The van der Waals surface area contributed by atoms with E-state index in [-0.39, 0.29) is 6.10 Å². The number of carbonyl (C=O) groups excluding carboxylic acids is 1. The van der Waals surface area contributed by atoms with E-state index in [0.29, 0.717) is 45.9 Å². The second kappa shape index (κ2) is 16.8. The fourth-order valence-electron chi connectivity index (χ4n) is 5.35. The Labute approximate surface area is 254 Å². The molecule has 0 amide bonds. The highest BCUT2D eigenvalue weighted by Crippen LogP contribution is 2.32. The van der Waals surface area contributed by atoms with Gasteiger partial charge in [0.15, 0.2) is 0 Å². The maximum Gasteiger partial charge on any atom is 0.120 e. The Hall–Kier alpha value is -3.65. The van der Waals surface area contributed by atoms with Crippen LogP contribution in [0.1, 0.15) is 35.1 Å². The Morgan fingerprint density at radius 1 is 0.512 bits per heavy atom. The molecular weight excluding hydrogens is 540 g/mol. The Bertz CT molecular complexity index is 1320. The highest BCUT2D eigenvalue weighted by molar-refractivity contribution is 5.49. The van der Waals surface area contributed by atoms with Gasteiger partial charge in [0.2, 0.25) is 0 Å². The molecule has 0 aromatic heterocycles. The summed E-state index contributed by atoms with van der Waals surface area (Å²) < 4.78 is 32.8. The number of rotatable bonds is 16. The van der Waals surface area contributed by atoms with E-state index >= 15 is 0 Å². The minimum Gasteiger partial charge on any atom is -0.374 e. The largest absolute Gasteiger partial charge is 0.374 e. The number of benzene rings is 4. The average molecular weight is 581 g/mol. The third kappa shape index (κ3) is 9.42. The predicted octanol–water partition coefficient (Wildman–Crippen LogP) is 6.71. The molecule has 6 heteroatoms. The summed E-state index contributed by atoms with van der Waals surface area (Å²) >= 11 is 0. The van der Waals surface area contributed by atoms with Crippen LogP contribution in [0.25, 0.3) is 0 Å². The summed E-state index contributed by atoms with van der Waals surface area (Å²) in [5.74, 6) is 0. The van der Waals surface area contributed by atoms with E-state index in [2.05, 4.69) is 0 Å². The van der Waals surface area contributed by atoms with E-state index in [1.165, 1.54) is 0 Å². The lowest BCUT2D eigenvalue weighted by Crippen LogP contribution is -2.61. The van der Waals surface area contributed by atoms with Crippen LogP contribution in [0.5, 0.6) is 0 Å². The number of carbonyl (C=O) groups is 1. The third-order valence-electron chi connectivity index (χ3n) is 7.55. The topological polar surface area (TPSA) is 63.2 Å². The molecule has 4 aromatic rings. The molecule has 0 aliphatic carbocycles. The highest BCUT2D eigenvalue weighted by Gasteiger charge is 2.48. The minimum absolute atomic E-state index is 0.308. The monoisotopic (exact) mass is 580 g/mol. The highest BCUT2D eigenvalue weighted by atomic mass is 16.6. The standard InChI is InChI=1S/C37H40O6/c38-23-13-22-33-35(40-25-30-16-7-2-8-17-30)37(42-27-32-20-11-4-12-21-32)36(41-26-31-18-9-3-10-19-31)34(43-33)28-39-24-29-14-5-1-6-15-29/h1-12,14-21,23,33-37H,13,22,24-28H2/t33-,34?,35?,36-,37+/m0/s1. The molecule has 224 valence electrons. The van der Waals surface area contributed by atoms with Gasteiger partial charge in [-0.2, -0.15) is 0 Å². The quantitative estimate of drug-likeness (QED) is 0.137. The first-order chi connectivity index (χ1) is 21.3. The van der Waals surface area contributed by atoms with E-state index in [1.807, 2.05) is 121 Å². The van der Waals surface area contributed by atoms with Crippen molar-refractivity contribution in [2.45, 2.75) is 69.8 Å². The van der Waals surface area contributed by atoms with Crippen molar-refractivity contribution in [3.8, 4) is 0 Å². The first-order valence-electron chi connectivity index (χ1n) is 15.0. The lowest BCUT2D eigenvalue weighted by atomic mass is 9.92. The van der Waals surface area contributed by atoms with Crippen LogP contribution in [0.3, 0.4) is 0 Å². The van der Waals surface area contributed by atoms with Crippen molar-refractivity contribution in [3.63, 3.8) is 0 Å². The van der Waals surface area contributed by atoms with Crippen molar-refractivity contribution in [1.82, 2.24) is 0 Å². The summed E-state index contributed by atoms with van der Waals surface area (Å²) in [6, 6.07) is 40.3. The van der Waals surface area contributed by atoms with Gasteiger partial charge in [-0.15, -0.1) is 0 Å². The number of hydrogen-bond acceptors (Lipinski definition) is 6. The van der Waals surface area contributed by atoms with Crippen molar-refractivity contribution in [2.24, 2.45) is 0 Å². The number of hydrogen-bond donors (Lipinski definition) is 0. The van der Waals surface area contributed by atoms with Gasteiger partial charge in [0, 0.05) is 6.42 Å². The van der Waals surface area contributed by atoms with E-state index in [0.717, 1.165) is 28.5 Å². The summed E-state index contributed by atoms with van der Waals surface area (Å²) in [6.07, 6.45) is -0.427. The molecule has 0 bridgehead atoms. The van der Waals surface area contributed by atoms with Crippen molar-refractivity contribution in [3.05, 3.63) is 144 Å². The molecule has 43 heavy (non-hydrogen) atoms. The van der Waals surface area contributed by atoms with Gasteiger partial charge in [0.05, 0.1) is 39.1 Å². The Morgan fingerprint density at radius 3 is 1.35 bits per heavy atom. The third-order valence-corrected chi connectivity index (χ3v) is 7.55. The first-order valence-corrected chi connectivity index (χ1v) is 15.0. The Morgan fingerprint density at radius 2 is 0.907 bits per heavy atom. The molecule has 1 fully saturated rings. The molecule has 0 spiro atoms.